The summed E-state index contributed by atoms with van der Waals surface area (Å²) in [5.41, 5.74) is 0. The maximum Gasteiger partial charge on any atom is 0.305 e. The third kappa shape index (κ3) is 3.62. The van der Waals surface area contributed by atoms with Gasteiger partial charge in [-0.1, -0.05) is 33.1 Å². The molecule has 0 amide bonds. The summed E-state index contributed by atoms with van der Waals surface area (Å²) in [6, 6.07) is 0. The third-order valence-electron chi connectivity index (χ3n) is 3.23. The summed E-state index contributed by atoms with van der Waals surface area (Å²) < 4.78 is 5.31. The number of carbonyl (C=O) groups excluding carboxylic acids is 2. The van der Waals surface area contributed by atoms with Gasteiger partial charge in [-0.2, -0.15) is 0 Å². The Bertz CT molecular complexity index is 248. The summed E-state index contributed by atoms with van der Waals surface area (Å²) in [5, 5.41) is 0. The van der Waals surface area contributed by atoms with Crippen molar-refractivity contribution >= 4 is 11.8 Å². The first-order valence-corrected chi connectivity index (χ1v) is 6.41. The van der Waals surface area contributed by atoms with Crippen molar-refractivity contribution in [2.24, 2.45) is 5.92 Å². The van der Waals surface area contributed by atoms with Crippen LogP contribution >= 0.6 is 0 Å². The van der Waals surface area contributed by atoms with Crippen LogP contribution < -0.4 is 0 Å². The van der Waals surface area contributed by atoms with E-state index in [1.165, 1.54) is 0 Å². The number of rotatable bonds is 6. The number of carbonyl (C=O) groups is 2. The van der Waals surface area contributed by atoms with E-state index in [-0.39, 0.29) is 23.8 Å². The maximum absolute atomic E-state index is 11.7. The van der Waals surface area contributed by atoms with Crippen molar-refractivity contribution in [3.05, 3.63) is 0 Å². The zero-order chi connectivity index (χ0) is 12.0. The molecule has 0 aliphatic heterocycles. The number of ether oxygens (including phenoxy) is 1. The van der Waals surface area contributed by atoms with Crippen molar-refractivity contribution in [2.45, 2.75) is 64.9 Å². The summed E-state index contributed by atoms with van der Waals surface area (Å²) in [4.78, 5) is 22.9. The fourth-order valence-electron chi connectivity index (χ4n) is 2.23. The van der Waals surface area contributed by atoms with Gasteiger partial charge in [0.1, 0.15) is 11.9 Å². The lowest BCUT2D eigenvalue weighted by Crippen LogP contribution is -2.25. The van der Waals surface area contributed by atoms with Gasteiger partial charge < -0.3 is 4.74 Å². The Balaban J connectivity index is 2.42. The topological polar surface area (TPSA) is 43.4 Å². The van der Waals surface area contributed by atoms with Gasteiger partial charge in [0, 0.05) is 12.8 Å². The summed E-state index contributed by atoms with van der Waals surface area (Å²) in [6.07, 6.45) is 5.81. The molecule has 0 spiro atoms. The molecule has 3 heteroatoms. The Kier molecular flexibility index (Phi) is 5.50. The average molecular weight is 226 g/mol. The van der Waals surface area contributed by atoms with Gasteiger partial charge in [0.25, 0.3) is 0 Å². The van der Waals surface area contributed by atoms with Crippen LogP contribution in [0.5, 0.6) is 0 Å². The van der Waals surface area contributed by atoms with Gasteiger partial charge in [0.15, 0.2) is 0 Å². The van der Waals surface area contributed by atoms with E-state index in [4.69, 9.17) is 4.74 Å². The molecule has 1 aliphatic rings. The van der Waals surface area contributed by atoms with E-state index >= 15 is 0 Å². The van der Waals surface area contributed by atoms with Gasteiger partial charge in [-0.05, 0) is 12.8 Å². The van der Waals surface area contributed by atoms with Crippen LogP contribution in [-0.2, 0) is 14.3 Å². The summed E-state index contributed by atoms with van der Waals surface area (Å²) in [5.74, 6) is 0.0762. The zero-order valence-corrected chi connectivity index (χ0v) is 10.3. The minimum Gasteiger partial charge on any atom is -0.462 e. The van der Waals surface area contributed by atoms with Gasteiger partial charge in [-0.3, -0.25) is 9.59 Å². The van der Waals surface area contributed by atoms with Crippen molar-refractivity contribution in [2.75, 3.05) is 0 Å². The fourth-order valence-corrected chi connectivity index (χ4v) is 2.23. The third-order valence-corrected chi connectivity index (χ3v) is 3.23. The Labute approximate surface area is 97.5 Å². The van der Waals surface area contributed by atoms with Gasteiger partial charge in [0.2, 0.25) is 0 Å². The van der Waals surface area contributed by atoms with E-state index in [1.807, 2.05) is 0 Å². The van der Waals surface area contributed by atoms with E-state index in [0.717, 1.165) is 32.1 Å². The number of esters is 1. The second-order valence-corrected chi connectivity index (χ2v) is 4.49. The highest BCUT2D eigenvalue weighted by atomic mass is 16.5. The highest BCUT2D eigenvalue weighted by Gasteiger charge is 2.36. The number of hydrogen-bond donors (Lipinski definition) is 0. The monoisotopic (exact) mass is 226 g/mol. The molecule has 3 nitrogen and oxygen atoms in total. The van der Waals surface area contributed by atoms with Crippen LogP contribution in [0.3, 0.4) is 0 Å². The lowest BCUT2D eigenvalue weighted by molar-refractivity contribution is -0.151. The van der Waals surface area contributed by atoms with Crippen molar-refractivity contribution in [3.8, 4) is 0 Å². The van der Waals surface area contributed by atoms with E-state index in [1.54, 1.807) is 6.92 Å². The number of ketones is 1. The van der Waals surface area contributed by atoms with Crippen LogP contribution in [0.4, 0.5) is 0 Å². The van der Waals surface area contributed by atoms with E-state index in [2.05, 4.69) is 6.92 Å². The smallest absolute Gasteiger partial charge is 0.305 e. The van der Waals surface area contributed by atoms with Crippen LogP contribution in [-0.4, -0.2) is 17.9 Å². The molecule has 0 bridgehead atoms. The lowest BCUT2D eigenvalue weighted by Gasteiger charge is -2.18. The van der Waals surface area contributed by atoms with Crippen molar-refractivity contribution < 1.29 is 14.3 Å². The molecule has 2 atom stereocenters. The minimum absolute atomic E-state index is 0.0259. The molecule has 0 unspecified atom stereocenters. The molecule has 0 radical (unpaired) electrons. The maximum atomic E-state index is 11.7. The Hall–Kier alpha value is -0.860. The molecule has 0 aromatic heterocycles. The largest absolute Gasteiger partial charge is 0.462 e. The van der Waals surface area contributed by atoms with E-state index < -0.39 is 0 Å². The summed E-state index contributed by atoms with van der Waals surface area (Å²) in [6.45, 7) is 3.93. The first kappa shape index (κ1) is 13.2. The lowest BCUT2D eigenvalue weighted by atomic mass is 9.97. The standard InChI is InChI=1S/C13H22O3/c1-3-5-6-7-10-11(14)8-9-12(10)16-13(15)4-2/h10,12H,3-9H2,1-2H3/t10-,12+/m0/s1. The predicted molar refractivity (Wildman–Crippen MR) is 62.0 cm³/mol. The molecule has 0 aromatic rings. The molecular formula is C13H22O3. The number of hydrogen-bond acceptors (Lipinski definition) is 3. The van der Waals surface area contributed by atoms with Crippen molar-refractivity contribution in [1.29, 1.82) is 0 Å². The highest BCUT2D eigenvalue weighted by Crippen LogP contribution is 2.29. The Morgan fingerprint density at radius 1 is 1.38 bits per heavy atom. The van der Waals surface area contributed by atoms with Gasteiger partial charge >= 0.3 is 5.97 Å². The minimum atomic E-state index is -0.180. The molecule has 92 valence electrons. The number of Topliss-reactive ketones (excluding diaryl/α,β-unsaturated/α-hetero) is 1. The SMILES string of the molecule is CCCCC[C@H]1C(=O)CC[C@H]1OC(=O)CC. The van der Waals surface area contributed by atoms with E-state index in [9.17, 15) is 9.59 Å². The molecular weight excluding hydrogens is 204 g/mol. The second kappa shape index (κ2) is 6.66. The molecule has 1 saturated carbocycles. The van der Waals surface area contributed by atoms with Gasteiger partial charge in [0.05, 0.1) is 5.92 Å². The van der Waals surface area contributed by atoms with Gasteiger partial charge in [-0.25, -0.2) is 0 Å². The fraction of sp³-hybridized carbons (Fsp3) is 0.846. The zero-order valence-electron chi connectivity index (χ0n) is 10.3. The molecule has 0 aromatic carbocycles. The number of unbranched alkanes of at least 4 members (excludes halogenated alkanes) is 2. The van der Waals surface area contributed by atoms with Crippen LogP contribution in [0.1, 0.15) is 58.8 Å². The average Bonchev–Trinajstić information content (AvgIpc) is 2.61. The van der Waals surface area contributed by atoms with Crippen LogP contribution in [0, 0.1) is 5.92 Å². The molecule has 0 saturated heterocycles. The van der Waals surface area contributed by atoms with Crippen molar-refractivity contribution in [3.63, 3.8) is 0 Å². The van der Waals surface area contributed by atoms with Gasteiger partial charge in [-0.15, -0.1) is 0 Å². The van der Waals surface area contributed by atoms with Crippen LogP contribution in [0.15, 0.2) is 0 Å². The van der Waals surface area contributed by atoms with Crippen molar-refractivity contribution in [1.82, 2.24) is 0 Å². The normalized spacial score (nSPS) is 24.8. The highest BCUT2D eigenvalue weighted by molar-refractivity contribution is 5.84. The molecule has 1 aliphatic carbocycles. The molecule has 16 heavy (non-hydrogen) atoms. The predicted octanol–water partition coefficient (Wildman–Crippen LogP) is 2.87. The summed E-state index contributed by atoms with van der Waals surface area (Å²) >= 11 is 0. The quantitative estimate of drug-likeness (QED) is 0.516. The second-order valence-electron chi connectivity index (χ2n) is 4.49. The first-order chi connectivity index (χ1) is 7.69. The first-order valence-electron chi connectivity index (χ1n) is 6.41. The Morgan fingerprint density at radius 3 is 2.75 bits per heavy atom. The van der Waals surface area contributed by atoms with Crippen LogP contribution in [0.2, 0.25) is 0 Å². The Morgan fingerprint density at radius 2 is 2.12 bits per heavy atom. The van der Waals surface area contributed by atoms with E-state index in [0.29, 0.717) is 12.8 Å². The molecule has 0 N–H and O–H groups in total. The van der Waals surface area contributed by atoms with Crippen LogP contribution in [0.25, 0.3) is 0 Å². The molecule has 1 rings (SSSR count). The molecule has 0 heterocycles. The summed E-state index contributed by atoms with van der Waals surface area (Å²) in [7, 11) is 0. The molecule has 1 fully saturated rings.